The van der Waals surface area contributed by atoms with Crippen molar-refractivity contribution in [3.63, 3.8) is 0 Å². The van der Waals surface area contributed by atoms with E-state index >= 15 is 0 Å². The molecule has 2 aromatic heterocycles. The lowest BCUT2D eigenvalue weighted by Crippen LogP contribution is -2.18. The van der Waals surface area contributed by atoms with Crippen LogP contribution < -0.4 is 10.6 Å². The summed E-state index contributed by atoms with van der Waals surface area (Å²) in [5.74, 6) is -0.655. The highest BCUT2D eigenvalue weighted by Crippen LogP contribution is 2.21. The molecule has 6 nitrogen and oxygen atoms in total. The maximum Gasteiger partial charge on any atom is 0.257 e. The maximum absolute atomic E-state index is 12.6. The predicted molar refractivity (Wildman–Crippen MR) is 104 cm³/mol. The van der Waals surface area contributed by atoms with Crippen LogP contribution in [-0.2, 0) is 0 Å². The van der Waals surface area contributed by atoms with E-state index in [0.717, 1.165) is 3.57 Å². The molecular formula is C18H13IN4O2. The molecule has 2 heterocycles. The summed E-state index contributed by atoms with van der Waals surface area (Å²) in [6.45, 7) is 0. The zero-order valence-electron chi connectivity index (χ0n) is 12.9. The fraction of sp³-hybridized carbons (Fsp3) is 0. The number of carbonyl (C=O) groups is 2. The molecule has 0 aliphatic carbocycles. The first kappa shape index (κ1) is 17.0. The molecule has 0 radical (unpaired) electrons. The van der Waals surface area contributed by atoms with Gasteiger partial charge in [-0.15, -0.1) is 0 Å². The van der Waals surface area contributed by atoms with Crippen molar-refractivity contribution in [2.45, 2.75) is 0 Å². The van der Waals surface area contributed by atoms with E-state index in [2.05, 4.69) is 43.2 Å². The Balaban J connectivity index is 1.85. The summed E-state index contributed by atoms with van der Waals surface area (Å²) in [6, 6.07) is 12.0. The number of hydrogen-bond donors (Lipinski definition) is 2. The van der Waals surface area contributed by atoms with Crippen molar-refractivity contribution in [3.05, 3.63) is 81.9 Å². The fourth-order valence-corrected chi connectivity index (χ4v) is 2.63. The molecule has 25 heavy (non-hydrogen) atoms. The molecule has 124 valence electrons. The average Bonchev–Trinajstić information content (AvgIpc) is 2.64. The first-order chi connectivity index (χ1) is 12.1. The van der Waals surface area contributed by atoms with Gasteiger partial charge in [0, 0.05) is 22.2 Å². The zero-order chi connectivity index (χ0) is 17.6. The monoisotopic (exact) mass is 444 g/mol. The van der Waals surface area contributed by atoms with Gasteiger partial charge in [0.2, 0.25) is 0 Å². The van der Waals surface area contributed by atoms with Gasteiger partial charge in [0.1, 0.15) is 0 Å². The Hall–Kier alpha value is -2.81. The van der Waals surface area contributed by atoms with Gasteiger partial charge in [-0.1, -0.05) is 0 Å². The van der Waals surface area contributed by atoms with E-state index in [-0.39, 0.29) is 11.8 Å². The largest absolute Gasteiger partial charge is 0.321 e. The number of halogens is 1. The van der Waals surface area contributed by atoms with Crippen LogP contribution in [0, 0.1) is 3.57 Å². The number of nitrogens with zero attached hydrogens (tertiary/aromatic N) is 2. The zero-order valence-corrected chi connectivity index (χ0v) is 15.1. The number of rotatable bonds is 4. The lowest BCUT2D eigenvalue weighted by Gasteiger charge is -2.12. The minimum atomic E-state index is -0.329. The number of nitrogens with one attached hydrogen (secondary N) is 2. The highest BCUT2D eigenvalue weighted by atomic mass is 127. The molecule has 2 N–H and O–H groups in total. The summed E-state index contributed by atoms with van der Waals surface area (Å²) < 4.78 is 0.883. The molecule has 0 unspecified atom stereocenters. The summed E-state index contributed by atoms with van der Waals surface area (Å²) >= 11 is 2.12. The normalized spacial score (nSPS) is 10.1. The number of aromatic nitrogens is 2. The minimum absolute atomic E-state index is 0.326. The molecule has 2 amide bonds. The van der Waals surface area contributed by atoms with Gasteiger partial charge in [0.25, 0.3) is 11.8 Å². The van der Waals surface area contributed by atoms with E-state index in [1.165, 1.54) is 6.20 Å². The summed E-state index contributed by atoms with van der Waals surface area (Å²) in [4.78, 5) is 32.8. The minimum Gasteiger partial charge on any atom is -0.321 e. The van der Waals surface area contributed by atoms with Crippen LogP contribution in [0.3, 0.4) is 0 Å². The Bertz CT molecular complexity index is 901. The number of benzene rings is 1. The number of hydrogen-bond acceptors (Lipinski definition) is 4. The Labute approximate surface area is 157 Å². The smallest absolute Gasteiger partial charge is 0.257 e. The van der Waals surface area contributed by atoms with E-state index in [9.17, 15) is 9.59 Å². The summed E-state index contributed by atoms with van der Waals surface area (Å²) in [5, 5.41) is 5.53. The van der Waals surface area contributed by atoms with Gasteiger partial charge in [-0.2, -0.15) is 0 Å². The number of pyridine rings is 2. The summed E-state index contributed by atoms with van der Waals surface area (Å²) in [5.41, 5.74) is 1.79. The second-order valence-electron chi connectivity index (χ2n) is 5.08. The van der Waals surface area contributed by atoms with Crippen molar-refractivity contribution >= 4 is 45.8 Å². The molecule has 0 saturated carbocycles. The second-order valence-corrected chi connectivity index (χ2v) is 6.33. The predicted octanol–water partition coefficient (Wildman–Crippen LogP) is 3.59. The van der Waals surface area contributed by atoms with Crippen LogP contribution in [0.1, 0.15) is 20.7 Å². The van der Waals surface area contributed by atoms with Gasteiger partial charge in [0.15, 0.2) is 0 Å². The third-order valence-electron chi connectivity index (χ3n) is 3.32. The SMILES string of the molecule is O=C(Nc1ccc(I)cc1C(=O)Nc1cccnc1)c1cccnc1. The number of amides is 2. The van der Waals surface area contributed by atoms with Crippen molar-refractivity contribution in [2.75, 3.05) is 10.6 Å². The molecular weight excluding hydrogens is 431 g/mol. The molecule has 0 fully saturated rings. The molecule has 3 rings (SSSR count). The first-order valence-electron chi connectivity index (χ1n) is 7.36. The fourth-order valence-electron chi connectivity index (χ4n) is 2.14. The first-order valence-corrected chi connectivity index (χ1v) is 8.43. The van der Waals surface area contributed by atoms with Crippen LogP contribution in [-0.4, -0.2) is 21.8 Å². The number of anilines is 2. The van der Waals surface area contributed by atoms with E-state index in [0.29, 0.717) is 22.5 Å². The molecule has 1 aromatic carbocycles. The van der Waals surface area contributed by atoms with Gasteiger partial charge in [-0.25, -0.2) is 0 Å². The third-order valence-corrected chi connectivity index (χ3v) is 3.99. The molecule has 0 atom stereocenters. The van der Waals surface area contributed by atoms with Crippen LogP contribution in [0.2, 0.25) is 0 Å². The molecule has 0 spiro atoms. The highest BCUT2D eigenvalue weighted by molar-refractivity contribution is 14.1. The Morgan fingerprint density at radius 2 is 1.64 bits per heavy atom. The lowest BCUT2D eigenvalue weighted by molar-refractivity contribution is 0.102. The molecule has 0 aliphatic rings. The van der Waals surface area contributed by atoms with Gasteiger partial charge in [-0.05, 0) is 65.1 Å². The van der Waals surface area contributed by atoms with Crippen molar-refractivity contribution in [1.29, 1.82) is 0 Å². The van der Waals surface area contributed by atoms with Crippen LogP contribution in [0.5, 0.6) is 0 Å². The summed E-state index contributed by atoms with van der Waals surface area (Å²) in [7, 11) is 0. The Kier molecular flexibility index (Phi) is 5.34. The Morgan fingerprint density at radius 1 is 0.880 bits per heavy atom. The van der Waals surface area contributed by atoms with Crippen LogP contribution in [0.25, 0.3) is 0 Å². The van der Waals surface area contributed by atoms with Crippen LogP contribution in [0.4, 0.5) is 11.4 Å². The van der Waals surface area contributed by atoms with E-state index in [1.54, 1.807) is 55.0 Å². The third kappa shape index (κ3) is 4.38. The quantitative estimate of drug-likeness (QED) is 0.603. The van der Waals surface area contributed by atoms with Gasteiger partial charge >= 0.3 is 0 Å². The molecule has 0 aliphatic heterocycles. The van der Waals surface area contributed by atoms with Crippen LogP contribution in [0.15, 0.2) is 67.3 Å². The van der Waals surface area contributed by atoms with Gasteiger partial charge in [-0.3, -0.25) is 19.6 Å². The average molecular weight is 444 g/mol. The molecule has 0 bridgehead atoms. The van der Waals surface area contributed by atoms with Gasteiger partial charge < -0.3 is 10.6 Å². The molecule has 7 heteroatoms. The number of carbonyl (C=O) groups excluding carboxylic acids is 2. The second kappa shape index (κ2) is 7.84. The van der Waals surface area contributed by atoms with Crippen molar-refractivity contribution in [1.82, 2.24) is 9.97 Å². The summed E-state index contributed by atoms with van der Waals surface area (Å²) in [6.07, 6.45) is 6.24. The van der Waals surface area contributed by atoms with Crippen molar-refractivity contribution in [3.8, 4) is 0 Å². The van der Waals surface area contributed by atoms with Gasteiger partial charge in [0.05, 0.1) is 28.7 Å². The maximum atomic E-state index is 12.6. The lowest BCUT2D eigenvalue weighted by atomic mass is 10.1. The van der Waals surface area contributed by atoms with Crippen molar-refractivity contribution < 1.29 is 9.59 Å². The van der Waals surface area contributed by atoms with E-state index < -0.39 is 0 Å². The van der Waals surface area contributed by atoms with E-state index in [4.69, 9.17) is 0 Å². The molecule has 0 saturated heterocycles. The topological polar surface area (TPSA) is 84.0 Å². The highest BCUT2D eigenvalue weighted by Gasteiger charge is 2.15. The Morgan fingerprint density at radius 3 is 2.32 bits per heavy atom. The van der Waals surface area contributed by atoms with Crippen molar-refractivity contribution in [2.24, 2.45) is 0 Å². The standard InChI is InChI=1S/C18H13IN4O2/c19-13-5-6-16(23-17(24)12-3-1-7-20-10-12)15(9-13)18(25)22-14-4-2-8-21-11-14/h1-11H,(H,22,25)(H,23,24). The van der Waals surface area contributed by atoms with E-state index in [1.807, 2.05) is 6.07 Å². The molecule has 3 aromatic rings. The van der Waals surface area contributed by atoms with Crippen LogP contribution >= 0.6 is 22.6 Å².